The van der Waals surface area contributed by atoms with Gasteiger partial charge in [0.25, 0.3) is 5.56 Å². The van der Waals surface area contributed by atoms with Crippen molar-refractivity contribution >= 4 is 27.9 Å². The molecule has 1 aromatic heterocycles. The van der Waals surface area contributed by atoms with Crippen molar-refractivity contribution in [1.82, 2.24) is 4.57 Å². The molecular weight excluding hydrogens is 443 g/mol. The molecule has 1 N–H and O–H groups in total. The van der Waals surface area contributed by atoms with E-state index in [1.807, 2.05) is 39.0 Å². The third-order valence-electron chi connectivity index (χ3n) is 4.94. The van der Waals surface area contributed by atoms with Crippen LogP contribution in [0.4, 0.5) is 10.1 Å². The molecule has 6 nitrogen and oxygen atoms in total. The van der Waals surface area contributed by atoms with Crippen LogP contribution in [-0.2, 0) is 15.4 Å². The normalized spacial score (nSPS) is 12.2. The van der Waals surface area contributed by atoms with Crippen molar-refractivity contribution in [2.75, 3.05) is 18.1 Å². The summed E-state index contributed by atoms with van der Waals surface area (Å²) in [5.74, 6) is 0.143. The number of pyridine rings is 1. The highest BCUT2D eigenvalue weighted by molar-refractivity contribution is 7.92. The molecular formula is C25H27FN2O4S. The minimum Gasteiger partial charge on any atom is -0.496 e. The molecule has 0 amide bonds. The number of nitrogens with zero attached hydrogens (tertiary/aromatic N) is 1. The lowest BCUT2D eigenvalue weighted by molar-refractivity contribution is 0.396. The Morgan fingerprint density at radius 2 is 1.70 bits per heavy atom. The van der Waals surface area contributed by atoms with Crippen molar-refractivity contribution in [2.24, 2.45) is 0 Å². The molecule has 3 aromatic rings. The largest absolute Gasteiger partial charge is 0.496 e. The zero-order valence-electron chi connectivity index (χ0n) is 19.2. The summed E-state index contributed by atoms with van der Waals surface area (Å²) in [5, 5.41) is 0. The van der Waals surface area contributed by atoms with Gasteiger partial charge in [-0.15, -0.1) is 0 Å². The Balaban J connectivity index is 2.10. The Bertz CT molecular complexity index is 1350. The summed E-state index contributed by atoms with van der Waals surface area (Å²) in [6.07, 6.45) is 5.96. The van der Waals surface area contributed by atoms with E-state index in [4.69, 9.17) is 4.74 Å². The first-order valence-electron chi connectivity index (χ1n) is 10.2. The zero-order chi connectivity index (χ0) is 24.4. The lowest BCUT2D eigenvalue weighted by atomic mass is 9.84. The molecule has 3 rings (SSSR count). The van der Waals surface area contributed by atoms with E-state index in [0.29, 0.717) is 17.1 Å². The fourth-order valence-electron chi connectivity index (χ4n) is 3.41. The Kier molecular flexibility index (Phi) is 6.78. The van der Waals surface area contributed by atoms with E-state index in [0.717, 1.165) is 35.2 Å². The maximum Gasteiger partial charge on any atom is 0.255 e. The summed E-state index contributed by atoms with van der Waals surface area (Å²) >= 11 is 0. The first-order chi connectivity index (χ1) is 15.4. The fraction of sp³-hybridized carbons (Fsp3) is 0.240. The van der Waals surface area contributed by atoms with E-state index in [2.05, 4.69) is 4.72 Å². The fourth-order valence-corrected chi connectivity index (χ4v) is 3.97. The molecule has 0 saturated carbocycles. The molecule has 0 atom stereocenters. The molecule has 0 saturated heterocycles. The second-order valence-electron chi connectivity index (χ2n) is 8.75. The number of nitrogens with one attached hydrogen (secondary N) is 1. The molecule has 0 aliphatic heterocycles. The van der Waals surface area contributed by atoms with Crippen molar-refractivity contribution < 1.29 is 17.5 Å². The van der Waals surface area contributed by atoms with Gasteiger partial charge >= 0.3 is 0 Å². The van der Waals surface area contributed by atoms with Crippen LogP contribution in [-0.4, -0.2) is 26.4 Å². The van der Waals surface area contributed by atoms with Gasteiger partial charge in [-0.3, -0.25) is 14.1 Å². The van der Waals surface area contributed by atoms with E-state index in [-0.39, 0.29) is 11.0 Å². The van der Waals surface area contributed by atoms with Gasteiger partial charge in [0, 0.05) is 34.8 Å². The molecule has 33 heavy (non-hydrogen) atoms. The predicted molar refractivity (Wildman–Crippen MR) is 131 cm³/mol. The highest BCUT2D eigenvalue weighted by atomic mass is 32.2. The predicted octanol–water partition coefficient (Wildman–Crippen LogP) is 4.82. The van der Waals surface area contributed by atoms with Crippen molar-refractivity contribution in [3.05, 3.63) is 87.6 Å². The van der Waals surface area contributed by atoms with Gasteiger partial charge in [-0.1, -0.05) is 45.1 Å². The van der Waals surface area contributed by atoms with Gasteiger partial charge in [-0.05, 0) is 41.3 Å². The minimum absolute atomic E-state index is 0.306. The van der Waals surface area contributed by atoms with Crippen molar-refractivity contribution in [3.8, 4) is 11.4 Å². The van der Waals surface area contributed by atoms with Gasteiger partial charge in [-0.25, -0.2) is 12.8 Å². The highest BCUT2D eigenvalue weighted by Gasteiger charge is 2.22. The van der Waals surface area contributed by atoms with Gasteiger partial charge in [0.2, 0.25) is 10.0 Å². The Hall–Kier alpha value is -3.39. The molecule has 0 bridgehead atoms. The lowest BCUT2D eigenvalue weighted by Crippen LogP contribution is -2.19. The van der Waals surface area contributed by atoms with E-state index >= 15 is 0 Å². The van der Waals surface area contributed by atoms with Crippen LogP contribution in [0.2, 0.25) is 0 Å². The summed E-state index contributed by atoms with van der Waals surface area (Å²) < 4.78 is 46.1. The number of ether oxygens (including phenoxy) is 1. The van der Waals surface area contributed by atoms with Crippen LogP contribution in [0.3, 0.4) is 0 Å². The number of benzene rings is 2. The SMILES string of the molecule is COc1c(C=Cc2ccc(NS(C)(=O)=O)cc2)cc(-n2cc(F)ccc2=O)cc1C(C)(C)C. The number of aromatic nitrogens is 1. The minimum atomic E-state index is -3.35. The molecule has 0 fully saturated rings. The second kappa shape index (κ2) is 9.23. The molecule has 0 spiro atoms. The topological polar surface area (TPSA) is 77.4 Å². The highest BCUT2D eigenvalue weighted by Crippen LogP contribution is 2.37. The molecule has 0 aliphatic rings. The average molecular weight is 471 g/mol. The maximum absolute atomic E-state index is 13.9. The number of hydrogen-bond acceptors (Lipinski definition) is 4. The Labute approximate surface area is 193 Å². The van der Waals surface area contributed by atoms with E-state index in [1.165, 1.54) is 10.6 Å². The maximum atomic E-state index is 13.9. The standard InChI is InChI=1S/C25H27FN2O4S/c1-25(2,3)22-15-21(28-16-19(26)10-13-23(28)29)14-18(24(22)32-4)9-6-17-7-11-20(12-8-17)27-33(5,30)31/h6-16,27H,1-5H3. The van der Waals surface area contributed by atoms with Crippen LogP contribution in [0.15, 0.2) is 59.5 Å². The summed E-state index contributed by atoms with van der Waals surface area (Å²) in [7, 11) is -1.77. The van der Waals surface area contributed by atoms with Gasteiger partial charge in [0.05, 0.1) is 13.4 Å². The Morgan fingerprint density at radius 3 is 2.27 bits per heavy atom. The lowest BCUT2D eigenvalue weighted by Gasteiger charge is -2.25. The summed E-state index contributed by atoms with van der Waals surface area (Å²) in [6.45, 7) is 6.10. The van der Waals surface area contributed by atoms with Crippen LogP contribution in [0.1, 0.15) is 37.5 Å². The van der Waals surface area contributed by atoms with Gasteiger partial charge < -0.3 is 4.74 Å². The summed E-state index contributed by atoms with van der Waals surface area (Å²) in [5.41, 5.74) is 2.76. The van der Waals surface area contributed by atoms with Crippen molar-refractivity contribution in [2.45, 2.75) is 26.2 Å². The smallest absolute Gasteiger partial charge is 0.255 e. The molecule has 0 radical (unpaired) electrons. The third kappa shape index (κ3) is 6.10. The number of hydrogen-bond donors (Lipinski definition) is 1. The third-order valence-corrected chi connectivity index (χ3v) is 5.54. The second-order valence-corrected chi connectivity index (χ2v) is 10.5. The molecule has 8 heteroatoms. The van der Waals surface area contributed by atoms with Crippen molar-refractivity contribution in [1.29, 1.82) is 0 Å². The number of sulfonamides is 1. The van der Waals surface area contributed by atoms with E-state index < -0.39 is 15.8 Å². The zero-order valence-corrected chi connectivity index (χ0v) is 20.0. The number of rotatable bonds is 6. The first-order valence-corrected chi connectivity index (χ1v) is 12.1. The van der Waals surface area contributed by atoms with E-state index in [1.54, 1.807) is 37.4 Å². The summed E-state index contributed by atoms with van der Waals surface area (Å²) in [6, 6.07) is 12.8. The van der Waals surface area contributed by atoms with Gasteiger partial charge in [-0.2, -0.15) is 0 Å². The molecule has 2 aromatic carbocycles. The monoisotopic (exact) mass is 470 g/mol. The summed E-state index contributed by atoms with van der Waals surface area (Å²) in [4.78, 5) is 12.4. The molecule has 1 heterocycles. The average Bonchev–Trinajstić information content (AvgIpc) is 2.72. The van der Waals surface area contributed by atoms with Crippen LogP contribution in [0.25, 0.3) is 17.8 Å². The molecule has 0 unspecified atom stereocenters. The quantitative estimate of drug-likeness (QED) is 0.524. The molecule has 0 aliphatic carbocycles. The van der Waals surface area contributed by atoms with Crippen LogP contribution in [0, 0.1) is 5.82 Å². The number of halogens is 1. The van der Waals surface area contributed by atoms with Gasteiger partial charge in [0.15, 0.2) is 0 Å². The van der Waals surface area contributed by atoms with Crippen LogP contribution >= 0.6 is 0 Å². The van der Waals surface area contributed by atoms with Crippen molar-refractivity contribution in [3.63, 3.8) is 0 Å². The molecule has 174 valence electrons. The number of anilines is 1. The number of methoxy groups -OCH3 is 1. The van der Waals surface area contributed by atoms with Crippen LogP contribution < -0.4 is 15.0 Å². The first kappa shape index (κ1) is 24.3. The Morgan fingerprint density at radius 1 is 1.03 bits per heavy atom. The van der Waals surface area contributed by atoms with E-state index in [9.17, 15) is 17.6 Å². The van der Waals surface area contributed by atoms with Crippen LogP contribution in [0.5, 0.6) is 5.75 Å². The van der Waals surface area contributed by atoms with Gasteiger partial charge in [0.1, 0.15) is 11.6 Å².